The van der Waals surface area contributed by atoms with Crippen molar-refractivity contribution in [2.45, 2.75) is 26.8 Å². The van der Waals surface area contributed by atoms with Crippen molar-refractivity contribution in [2.24, 2.45) is 10.9 Å². The summed E-state index contributed by atoms with van der Waals surface area (Å²) in [4.78, 5) is 4.51. The van der Waals surface area contributed by atoms with Gasteiger partial charge in [0.25, 0.3) is 0 Å². The lowest BCUT2D eigenvalue weighted by atomic mass is 10.2. The van der Waals surface area contributed by atoms with Gasteiger partial charge in [-0.1, -0.05) is 18.7 Å². The summed E-state index contributed by atoms with van der Waals surface area (Å²) in [6, 6.07) is 4.20. The van der Waals surface area contributed by atoms with Gasteiger partial charge in [0.15, 0.2) is 5.17 Å². The van der Waals surface area contributed by atoms with Crippen LogP contribution in [0.4, 0.5) is 0 Å². The molecule has 0 saturated heterocycles. The molecule has 1 aromatic rings. The largest absolute Gasteiger partial charge is 0.464 e. The summed E-state index contributed by atoms with van der Waals surface area (Å²) >= 11 is 1.80. The Morgan fingerprint density at radius 1 is 1.56 bits per heavy atom. The highest BCUT2D eigenvalue weighted by Gasteiger charge is 2.16. The molecular formula is C12H18N2OS. The van der Waals surface area contributed by atoms with Gasteiger partial charge < -0.3 is 9.73 Å². The predicted molar refractivity (Wildman–Crippen MR) is 68.9 cm³/mol. The molecule has 0 aliphatic carbocycles. The Morgan fingerprint density at radius 2 is 2.38 bits per heavy atom. The molecule has 88 valence electrons. The second kappa shape index (κ2) is 4.95. The van der Waals surface area contributed by atoms with Crippen LogP contribution in [0.25, 0.3) is 0 Å². The van der Waals surface area contributed by atoms with Gasteiger partial charge in [-0.15, -0.1) is 0 Å². The van der Waals surface area contributed by atoms with Crippen molar-refractivity contribution >= 4 is 16.9 Å². The summed E-state index contributed by atoms with van der Waals surface area (Å²) in [6.07, 6.45) is 0. The molecule has 0 bridgehead atoms. The zero-order valence-electron chi connectivity index (χ0n) is 9.99. The Kier molecular flexibility index (Phi) is 3.59. The fraction of sp³-hybridized carbons (Fsp3) is 0.583. The molecule has 0 amide bonds. The number of amidine groups is 1. The number of hydrogen-bond donors (Lipinski definition) is 1. The fourth-order valence-electron chi connectivity index (χ4n) is 1.59. The van der Waals surface area contributed by atoms with E-state index in [1.54, 1.807) is 11.8 Å². The maximum absolute atomic E-state index is 5.58. The number of nitrogens with zero attached hydrogens (tertiary/aromatic N) is 1. The van der Waals surface area contributed by atoms with Gasteiger partial charge in [-0.2, -0.15) is 0 Å². The van der Waals surface area contributed by atoms with Crippen LogP contribution < -0.4 is 5.32 Å². The summed E-state index contributed by atoms with van der Waals surface area (Å²) in [6.45, 7) is 7.22. The van der Waals surface area contributed by atoms with Gasteiger partial charge in [0, 0.05) is 12.3 Å². The maximum atomic E-state index is 5.58. The molecule has 2 heterocycles. The van der Waals surface area contributed by atoms with Gasteiger partial charge in [-0.3, -0.25) is 4.99 Å². The van der Waals surface area contributed by atoms with Gasteiger partial charge in [-0.25, -0.2) is 0 Å². The van der Waals surface area contributed by atoms with E-state index in [1.807, 2.05) is 19.1 Å². The van der Waals surface area contributed by atoms with Crippen LogP contribution in [-0.4, -0.2) is 17.5 Å². The maximum Gasteiger partial charge on any atom is 0.157 e. The van der Waals surface area contributed by atoms with Crippen LogP contribution in [-0.2, 0) is 0 Å². The van der Waals surface area contributed by atoms with Crippen LogP contribution >= 0.6 is 11.8 Å². The standard InChI is InChI=1S/C12H18N2OS/c1-8-6-13-12(16-7-8)14-10(3)11-5-4-9(2)15-11/h4-5,8,10H,6-7H2,1-3H3,(H,13,14). The summed E-state index contributed by atoms with van der Waals surface area (Å²) < 4.78 is 5.58. The van der Waals surface area contributed by atoms with E-state index in [4.69, 9.17) is 4.42 Å². The second-order valence-electron chi connectivity index (χ2n) is 4.38. The Bertz CT molecular complexity index is 386. The van der Waals surface area contributed by atoms with Gasteiger partial charge in [0.1, 0.15) is 11.5 Å². The zero-order chi connectivity index (χ0) is 11.5. The summed E-state index contributed by atoms with van der Waals surface area (Å²) in [7, 11) is 0. The first-order valence-electron chi connectivity index (χ1n) is 5.65. The lowest BCUT2D eigenvalue weighted by Gasteiger charge is -2.20. The van der Waals surface area contributed by atoms with Crippen molar-refractivity contribution in [3.8, 4) is 0 Å². The lowest BCUT2D eigenvalue weighted by molar-refractivity contribution is 0.444. The molecule has 2 unspecified atom stereocenters. The minimum absolute atomic E-state index is 0.188. The van der Waals surface area contributed by atoms with Crippen molar-refractivity contribution in [1.29, 1.82) is 0 Å². The third-order valence-corrected chi connectivity index (χ3v) is 3.84. The number of thioether (sulfide) groups is 1. The van der Waals surface area contributed by atoms with E-state index >= 15 is 0 Å². The Balaban J connectivity index is 1.95. The van der Waals surface area contributed by atoms with Crippen molar-refractivity contribution < 1.29 is 4.42 Å². The molecule has 2 atom stereocenters. The summed E-state index contributed by atoms with van der Waals surface area (Å²) in [5, 5.41) is 4.43. The molecule has 0 saturated carbocycles. The van der Waals surface area contributed by atoms with E-state index in [2.05, 4.69) is 24.2 Å². The van der Waals surface area contributed by atoms with Crippen molar-refractivity contribution in [3.63, 3.8) is 0 Å². The van der Waals surface area contributed by atoms with E-state index in [0.717, 1.165) is 29.0 Å². The molecular weight excluding hydrogens is 220 g/mol. The molecule has 16 heavy (non-hydrogen) atoms. The number of nitrogens with one attached hydrogen (secondary N) is 1. The molecule has 1 aliphatic heterocycles. The molecule has 0 fully saturated rings. The quantitative estimate of drug-likeness (QED) is 0.860. The molecule has 1 N–H and O–H groups in total. The molecule has 0 spiro atoms. The summed E-state index contributed by atoms with van der Waals surface area (Å²) in [5.74, 6) is 3.77. The molecule has 0 aromatic carbocycles. The van der Waals surface area contributed by atoms with E-state index in [0.29, 0.717) is 5.92 Å². The predicted octanol–water partition coefficient (Wildman–Crippen LogP) is 2.98. The van der Waals surface area contributed by atoms with Crippen molar-refractivity contribution in [1.82, 2.24) is 5.32 Å². The molecule has 0 radical (unpaired) electrons. The first kappa shape index (κ1) is 11.6. The van der Waals surface area contributed by atoms with Crippen LogP contribution in [0.1, 0.15) is 31.4 Å². The monoisotopic (exact) mass is 238 g/mol. The van der Waals surface area contributed by atoms with Gasteiger partial charge in [0.2, 0.25) is 0 Å². The minimum atomic E-state index is 0.188. The third-order valence-electron chi connectivity index (χ3n) is 2.58. The number of furan rings is 1. The van der Waals surface area contributed by atoms with Crippen molar-refractivity contribution in [2.75, 3.05) is 12.3 Å². The lowest BCUT2D eigenvalue weighted by Crippen LogP contribution is -2.28. The number of aryl methyl sites for hydroxylation is 1. The molecule has 1 aromatic heterocycles. The van der Waals surface area contributed by atoms with Gasteiger partial charge >= 0.3 is 0 Å². The Morgan fingerprint density at radius 3 is 2.94 bits per heavy atom. The van der Waals surface area contributed by atoms with Crippen LogP contribution in [0.2, 0.25) is 0 Å². The average Bonchev–Trinajstić information content (AvgIpc) is 2.68. The molecule has 4 heteroatoms. The van der Waals surface area contributed by atoms with Crippen LogP contribution in [0.3, 0.4) is 0 Å². The van der Waals surface area contributed by atoms with E-state index in [1.165, 1.54) is 0 Å². The van der Waals surface area contributed by atoms with Crippen molar-refractivity contribution in [3.05, 3.63) is 23.7 Å². The van der Waals surface area contributed by atoms with E-state index < -0.39 is 0 Å². The highest BCUT2D eigenvalue weighted by molar-refractivity contribution is 8.13. The Hall–Kier alpha value is -0.900. The third kappa shape index (κ3) is 2.82. The van der Waals surface area contributed by atoms with E-state index in [9.17, 15) is 0 Å². The zero-order valence-corrected chi connectivity index (χ0v) is 10.8. The highest BCUT2D eigenvalue weighted by atomic mass is 32.2. The molecule has 3 nitrogen and oxygen atoms in total. The number of hydrogen-bond acceptors (Lipinski definition) is 4. The van der Waals surface area contributed by atoms with Gasteiger partial charge in [-0.05, 0) is 31.9 Å². The number of rotatable bonds is 2. The topological polar surface area (TPSA) is 37.5 Å². The number of aliphatic imine (C=N–C) groups is 1. The fourth-order valence-corrected chi connectivity index (χ4v) is 2.56. The van der Waals surface area contributed by atoms with Gasteiger partial charge in [0.05, 0.1) is 6.04 Å². The van der Waals surface area contributed by atoms with Crippen LogP contribution in [0, 0.1) is 12.8 Å². The summed E-state index contributed by atoms with van der Waals surface area (Å²) in [5.41, 5.74) is 0. The highest BCUT2D eigenvalue weighted by Crippen LogP contribution is 2.20. The molecule has 2 rings (SSSR count). The van der Waals surface area contributed by atoms with Crippen LogP contribution in [0.5, 0.6) is 0 Å². The first-order chi connectivity index (χ1) is 7.65. The average molecular weight is 238 g/mol. The smallest absolute Gasteiger partial charge is 0.157 e. The first-order valence-corrected chi connectivity index (χ1v) is 6.64. The second-order valence-corrected chi connectivity index (χ2v) is 5.39. The van der Waals surface area contributed by atoms with Crippen LogP contribution in [0.15, 0.2) is 21.5 Å². The minimum Gasteiger partial charge on any atom is -0.464 e. The molecule has 1 aliphatic rings. The Labute approximate surface area is 101 Å². The SMILES string of the molecule is Cc1ccc(C(C)NC2=NCC(C)CS2)o1. The normalized spacial score (nSPS) is 22.7. The van der Waals surface area contributed by atoms with E-state index in [-0.39, 0.29) is 6.04 Å².